The molecule has 3 rings (SSSR count). The summed E-state index contributed by atoms with van der Waals surface area (Å²) in [5.74, 6) is -0.238. The van der Waals surface area contributed by atoms with Crippen LogP contribution in [0.25, 0.3) is 21.5 Å². The number of benzene rings is 3. The summed E-state index contributed by atoms with van der Waals surface area (Å²) < 4.78 is 40.7. The van der Waals surface area contributed by atoms with Gasteiger partial charge in [-0.15, -0.1) is 12.4 Å². The summed E-state index contributed by atoms with van der Waals surface area (Å²) in [5.41, 5.74) is 4.66. The third kappa shape index (κ3) is 5.76. The molecule has 0 aliphatic rings. The van der Waals surface area contributed by atoms with E-state index < -0.39 is 17.3 Å². The van der Waals surface area contributed by atoms with E-state index in [1.165, 1.54) is 6.07 Å². The molecule has 0 aliphatic heterocycles. The molecule has 3 aromatic rings. The zero-order valence-corrected chi connectivity index (χ0v) is 21.6. The Morgan fingerprint density at radius 2 is 1.56 bits per heavy atom. The number of unbranched alkanes of at least 4 members (excludes halogenated alkanes) is 2. The van der Waals surface area contributed by atoms with E-state index in [0.717, 1.165) is 44.2 Å². The Balaban J connectivity index is 0.00000408. The van der Waals surface area contributed by atoms with Crippen LogP contribution in [0.5, 0.6) is 0 Å². The van der Waals surface area contributed by atoms with Crippen LogP contribution in [0.3, 0.4) is 0 Å². The van der Waals surface area contributed by atoms with Crippen molar-refractivity contribution in [2.24, 2.45) is 11.7 Å². The number of alkyl halides is 3. The van der Waals surface area contributed by atoms with Crippen molar-refractivity contribution in [1.82, 2.24) is 0 Å². The smallest absolute Gasteiger partial charge is 0.385 e. The topological polar surface area (TPSA) is 46.2 Å². The molecule has 2 nitrogen and oxygen atoms in total. The molecule has 0 aromatic heterocycles. The first kappa shape index (κ1) is 29.0. The molecule has 0 radical (unpaired) electrons. The highest BCUT2D eigenvalue weighted by Gasteiger charge is 2.39. The fourth-order valence-electron chi connectivity index (χ4n) is 4.72. The molecular weight excluding hydrogens is 506 g/mol. The molecule has 0 saturated heterocycles. The zero-order valence-electron chi connectivity index (χ0n) is 19.3. The molecule has 0 spiro atoms. The third-order valence-electron chi connectivity index (χ3n) is 6.55. The molecule has 0 fully saturated rings. The average Bonchev–Trinajstić information content (AvgIpc) is 2.76. The van der Waals surface area contributed by atoms with Gasteiger partial charge in [-0.1, -0.05) is 68.8 Å². The molecular formula is C26H31Cl3F3NO. The molecule has 2 atom stereocenters. The van der Waals surface area contributed by atoms with Gasteiger partial charge in [-0.25, -0.2) is 0 Å². The van der Waals surface area contributed by atoms with E-state index >= 15 is 0 Å². The Hall–Kier alpha value is -1.24. The van der Waals surface area contributed by atoms with Crippen LogP contribution in [0, 0.1) is 5.92 Å². The van der Waals surface area contributed by atoms with Crippen molar-refractivity contribution in [2.75, 3.05) is 6.54 Å². The van der Waals surface area contributed by atoms with E-state index in [2.05, 4.69) is 6.92 Å². The van der Waals surface area contributed by atoms with Crippen LogP contribution < -0.4 is 5.73 Å². The van der Waals surface area contributed by atoms with E-state index in [4.69, 9.17) is 28.9 Å². The van der Waals surface area contributed by atoms with Gasteiger partial charge in [0.1, 0.15) is 0 Å². The second-order valence-electron chi connectivity index (χ2n) is 8.77. The fourth-order valence-corrected chi connectivity index (χ4v) is 5.27. The van der Waals surface area contributed by atoms with E-state index in [1.807, 2.05) is 13.0 Å². The largest absolute Gasteiger partial charge is 0.416 e. The molecule has 188 valence electrons. The molecule has 8 heteroatoms. The van der Waals surface area contributed by atoms with Gasteiger partial charge < -0.3 is 10.8 Å². The maximum Gasteiger partial charge on any atom is 0.416 e. The minimum Gasteiger partial charge on any atom is -0.385 e. The Morgan fingerprint density at radius 3 is 2.15 bits per heavy atom. The summed E-state index contributed by atoms with van der Waals surface area (Å²) in [5, 5.41) is 14.8. The van der Waals surface area contributed by atoms with Crippen molar-refractivity contribution in [3.05, 3.63) is 57.6 Å². The Morgan fingerprint density at radius 1 is 0.912 bits per heavy atom. The van der Waals surface area contributed by atoms with Crippen LogP contribution >= 0.6 is 35.6 Å². The van der Waals surface area contributed by atoms with E-state index in [1.54, 1.807) is 12.1 Å². The molecule has 0 saturated carbocycles. The van der Waals surface area contributed by atoms with Gasteiger partial charge in [0.15, 0.2) is 0 Å². The summed E-state index contributed by atoms with van der Waals surface area (Å²) >= 11 is 12.7. The van der Waals surface area contributed by atoms with E-state index in [9.17, 15) is 18.3 Å². The van der Waals surface area contributed by atoms with Gasteiger partial charge in [0.05, 0.1) is 11.2 Å². The van der Waals surface area contributed by atoms with Crippen LogP contribution in [0.2, 0.25) is 10.0 Å². The van der Waals surface area contributed by atoms with Crippen molar-refractivity contribution >= 4 is 57.2 Å². The normalized spacial score (nSPS) is 14.7. The van der Waals surface area contributed by atoms with Gasteiger partial charge >= 0.3 is 6.18 Å². The number of aliphatic hydroxyl groups is 1. The first-order valence-electron chi connectivity index (χ1n) is 11.4. The first-order valence-corrected chi connectivity index (χ1v) is 12.2. The van der Waals surface area contributed by atoms with E-state index in [-0.39, 0.29) is 24.9 Å². The summed E-state index contributed by atoms with van der Waals surface area (Å²) in [6.07, 6.45) is 0.164. The van der Waals surface area contributed by atoms with Crippen molar-refractivity contribution in [2.45, 2.75) is 64.1 Å². The van der Waals surface area contributed by atoms with Gasteiger partial charge in [0.25, 0.3) is 0 Å². The fraction of sp³-hybridized carbons (Fsp3) is 0.462. The third-order valence-corrected chi connectivity index (χ3v) is 7.09. The van der Waals surface area contributed by atoms with Crippen molar-refractivity contribution in [3.8, 4) is 0 Å². The number of hydrogen-bond donors (Lipinski definition) is 2. The lowest BCUT2D eigenvalue weighted by molar-refractivity contribution is -0.137. The minimum atomic E-state index is -4.50. The summed E-state index contributed by atoms with van der Waals surface area (Å²) in [4.78, 5) is 0. The number of fused-ring (bicyclic) bond motifs is 3. The molecule has 3 N–H and O–H groups in total. The first-order chi connectivity index (χ1) is 15.6. The lowest BCUT2D eigenvalue weighted by Crippen LogP contribution is -2.40. The van der Waals surface area contributed by atoms with Crippen molar-refractivity contribution < 1.29 is 18.3 Å². The highest BCUT2D eigenvalue weighted by atomic mass is 35.5. The number of nitrogens with two attached hydrogens (primary N) is 1. The highest BCUT2D eigenvalue weighted by Crippen LogP contribution is 2.45. The molecule has 3 aromatic carbocycles. The Kier molecular flexibility index (Phi) is 9.95. The predicted octanol–water partition coefficient (Wildman–Crippen LogP) is 8.88. The monoisotopic (exact) mass is 535 g/mol. The Bertz CT molecular complexity index is 1140. The molecule has 0 amide bonds. The minimum absolute atomic E-state index is 0. The van der Waals surface area contributed by atoms with Crippen LogP contribution in [0.4, 0.5) is 13.2 Å². The average molecular weight is 537 g/mol. The van der Waals surface area contributed by atoms with Gasteiger partial charge in [-0.05, 0) is 71.4 Å². The predicted molar refractivity (Wildman–Crippen MR) is 139 cm³/mol. The lowest BCUT2D eigenvalue weighted by atomic mass is 9.73. The van der Waals surface area contributed by atoms with Gasteiger partial charge in [0.2, 0.25) is 0 Å². The standard InChI is InChI=1S/C26H30Cl2F3NO.ClH/c1-3-5-7-17(15-32)25(33,10-6-4-2)23-14-22-21(12-18(27)13-24(22)28)20-11-16(26(29,30)31)8-9-19(20)23;/h8-9,11-14,17,33H,3-7,10,15,32H2,1-2H3;1H. The molecule has 0 aliphatic carbocycles. The van der Waals surface area contributed by atoms with Crippen LogP contribution in [0.1, 0.15) is 63.5 Å². The molecule has 34 heavy (non-hydrogen) atoms. The maximum absolute atomic E-state index is 13.6. The summed E-state index contributed by atoms with van der Waals surface area (Å²) in [7, 11) is 0. The maximum atomic E-state index is 13.6. The molecule has 2 unspecified atom stereocenters. The highest BCUT2D eigenvalue weighted by molar-refractivity contribution is 6.39. The quantitative estimate of drug-likeness (QED) is 0.268. The SMILES string of the molecule is CCCCC(CN)C(O)(CCCC)c1cc2c(Cl)cc(Cl)cc2c2cc(C(F)(F)F)ccc12.Cl. The number of rotatable bonds is 9. The molecule has 0 bridgehead atoms. The van der Waals surface area contributed by atoms with Crippen LogP contribution in [0.15, 0.2) is 36.4 Å². The number of halogens is 6. The number of hydrogen-bond acceptors (Lipinski definition) is 2. The second kappa shape index (κ2) is 11.7. The summed E-state index contributed by atoms with van der Waals surface area (Å²) in [6, 6.07) is 8.64. The van der Waals surface area contributed by atoms with Crippen LogP contribution in [-0.4, -0.2) is 11.7 Å². The Labute approximate surface area is 215 Å². The van der Waals surface area contributed by atoms with Crippen molar-refractivity contribution in [3.63, 3.8) is 0 Å². The molecule has 0 heterocycles. The van der Waals surface area contributed by atoms with Gasteiger partial charge in [-0.2, -0.15) is 13.2 Å². The van der Waals surface area contributed by atoms with Crippen LogP contribution in [-0.2, 0) is 11.8 Å². The summed E-state index contributed by atoms with van der Waals surface area (Å²) in [6.45, 7) is 4.39. The zero-order chi connectivity index (χ0) is 24.4. The lowest BCUT2D eigenvalue weighted by Gasteiger charge is -2.38. The van der Waals surface area contributed by atoms with Gasteiger partial charge in [-0.3, -0.25) is 0 Å². The van der Waals surface area contributed by atoms with Gasteiger partial charge in [0, 0.05) is 21.3 Å². The van der Waals surface area contributed by atoms with E-state index in [0.29, 0.717) is 43.6 Å². The second-order valence-corrected chi connectivity index (χ2v) is 9.61. The van der Waals surface area contributed by atoms with Crippen molar-refractivity contribution in [1.29, 1.82) is 0 Å².